The second kappa shape index (κ2) is 6.04. The van der Waals surface area contributed by atoms with Crippen molar-refractivity contribution in [3.05, 3.63) is 89.2 Å². The van der Waals surface area contributed by atoms with Gasteiger partial charge in [-0.25, -0.2) is 9.97 Å². The van der Waals surface area contributed by atoms with Crippen LogP contribution in [0.4, 0.5) is 0 Å². The molecule has 0 unspecified atom stereocenters. The van der Waals surface area contributed by atoms with E-state index in [9.17, 15) is 4.79 Å². The average Bonchev–Trinajstić information content (AvgIpc) is 2.65. The number of fused-ring (bicyclic) bond motifs is 1. The number of pyridine rings is 2. The third-order valence-electron chi connectivity index (χ3n) is 3.83. The van der Waals surface area contributed by atoms with Gasteiger partial charge >= 0.3 is 0 Å². The lowest BCUT2D eigenvalue weighted by Crippen LogP contribution is -2.22. The molecule has 0 spiro atoms. The van der Waals surface area contributed by atoms with Gasteiger partial charge in [0.2, 0.25) is 0 Å². The van der Waals surface area contributed by atoms with Crippen molar-refractivity contribution in [2.45, 2.75) is 6.54 Å². The van der Waals surface area contributed by atoms with E-state index >= 15 is 0 Å². The van der Waals surface area contributed by atoms with E-state index < -0.39 is 0 Å². The standard InChI is InChI=1S/C19H14N4O/c24-19-18-17(9-8-16(22-18)15-7-4-10-20-11-15)21-13-23(19)12-14-5-2-1-3-6-14/h1-11,13H,12H2. The zero-order chi connectivity index (χ0) is 16.4. The molecule has 5 heteroatoms. The van der Waals surface area contributed by atoms with E-state index in [0.29, 0.717) is 23.3 Å². The van der Waals surface area contributed by atoms with Crippen LogP contribution in [0.5, 0.6) is 0 Å². The summed E-state index contributed by atoms with van der Waals surface area (Å²) >= 11 is 0. The molecule has 0 radical (unpaired) electrons. The highest BCUT2D eigenvalue weighted by atomic mass is 16.1. The van der Waals surface area contributed by atoms with Crippen molar-refractivity contribution in [2.24, 2.45) is 0 Å². The van der Waals surface area contributed by atoms with Crippen LogP contribution >= 0.6 is 0 Å². The number of aromatic nitrogens is 4. The SMILES string of the molecule is O=c1c2nc(-c3cccnc3)ccc2ncn1Cc1ccccc1. The van der Waals surface area contributed by atoms with Gasteiger partial charge in [0, 0.05) is 18.0 Å². The summed E-state index contributed by atoms with van der Waals surface area (Å²) in [6.45, 7) is 0.474. The first kappa shape index (κ1) is 14.3. The van der Waals surface area contributed by atoms with Crippen LogP contribution in [0, 0.1) is 0 Å². The first-order valence-corrected chi connectivity index (χ1v) is 7.62. The summed E-state index contributed by atoms with van der Waals surface area (Å²) in [6, 6.07) is 17.3. The van der Waals surface area contributed by atoms with Gasteiger partial charge < -0.3 is 0 Å². The molecule has 0 fully saturated rings. The molecule has 0 atom stereocenters. The van der Waals surface area contributed by atoms with E-state index in [-0.39, 0.29) is 5.56 Å². The summed E-state index contributed by atoms with van der Waals surface area (Å²) in [5, 5.41) is 0. The molecule has 0 N–H and O–H groups in total. The lowest BCUT2D eigenvalue weighted by Gasteiger charge is -2.07. The smallest absolute Gasteiger partial charge is 0.280 e. The maximum Gasteiger partial charge on any atom is 0.280 e. The maximum absolute atomic E-state index is 12.8. The Labute approximate surface area is 138 Å². The second-order valence-corrected chi connectivity index (χ2v) is 5.47. The van der Waals surface area contributed by atoms with Gasteiger partial charge in [-0.15, -0.1) is 0 Å². The minimum absolute atomic E-state index is 0.144. The molecule has 3 aromatic heterocycles. The van der Waals surface area contributed by atoms with Gasteiger partial charge in [-0.1, -0.05) is 30.3 Å². The zero-order valence-electron chi connectivity index (χ0n) is 12.8. The van der Waals surface area contributed by atoms with Crippen LogP contribution in [0.15, 0.2) is 78.1 Å². The van der Waals surface area contributed by atoms with Crippen molar-refractivity contribution in [3.63, 3.8) is 0 Å². The molecule has 4 aromatic rings. The molecule has 0 aliphatic rings. The summed E-state index contributed by atoms with van der Waals surface area (Å²) in [7, 11) is 0. The third-order valence-corrected chi connectivity index (χ3v) is 3.83. The first-order valence-electron chi connectivity index (χ1n) is 7.62. The molecule has 0 amide bonds. The topological polar surface area (TPSA) is 60.7 Å². The predicted molar refractivity (Wildman–Crippen MR) is 92.6 cm³/mol. The number of hydrogen-bond acceptors (Lipinski definition) is 4. The molecule has 0 saturated carbocycles. The molecule has 116 valence electrons. The lowest BCUT2D eigenvalue weighted by molar-refractivity contribution is 0.746. The zero-order valence-corrected chi connectivity index (χ0v) is 12.8. The number of benzene rings is 1. The average molecular weight is 314 g/mol. The molecular formula is C19H14N4O. The number of nitrogens with zero attached hydrogens (tertiary/aromatic N) is 4. The maximum atomic E-state index is 12.8. The molecule has 3 heterocycles. The Morgan fingerprint density at radius 3 is 2.62 bits per heavy atom. The molecule has 0 bridgehead atoms. The van der Waals surface area contributed by atoms with E-state index in [2.05, 4.69) is 15.0 Å². The van der Waals surface area contributed by atoms with Gasteiger partial charge in [0.1, 0.15) is 0 Å². The predicted octanol–water partition coefficient (Wildman–Crippen LogP) is 2.90. The second-order valence-electron chi connectivity index (χ2n) is 5.47. The molecule has 0 aliphatic heterocycles. The van der Waals surface area contributed by atoms with E-state index in [4.69, 9.17) is 0 Å². The van der Waals surface area contributed by atoms with E-state index in [0.717, 1.165) is 11.1 Å². The van der Waals surface area contributed by atoms with Gasteiger partial charge in [0.25, 0.3) is 5.56 Å². The quantitative estimate of drug-likeness (QED) is 0.583. The molecule has 1 aromatic carbocycles. The van der Waals surface area contributed by atoms with E-state index in [1.807, 2.05) is 54.6 Å². The van der Waals surface area contributed by atoms with Crippen LogP contribution in [0.1, 0.15) is 5.56 Å². The molecule has 0 saturated heterocycles. The van der Waals surface area contributed by atoms with Crippen LogP contribution < -0.4 is 5.56 Å². The highest BCUT2D eigenvalue weighted by Gasteiger charge is 2.08. The van der Waals surface area contributed by atoms with Crippen molar-refractivity contribution in [1.82, 2.24) is 19.5 Å². The number of hydrogen-bond donors (Lipinski definition) is 0. The van der Waals surface area contributed by atoms with Gasteiger partial charge in [0.05, 0.1) is 24.1 Å². The largest absolute Gasteiger partial charge is 0.293 e. The summed E-state index contributed by atoms with van der Waals surface area (Å²) in [6.07, 6.45) is 5.01. The Morgan fingerprint density at radius 1 is 0.958 bits per heavy atom. The number of rotatable bonds is 3. The minimum Gasteiger partial charge on any atom is -0.293 e. The highest BCUT2D eigenvalue weighted by Crippen LogP contribution is 2.17. The van der Waals surface area contributed by atoms with Crippen LogP contribution in [0.2, 0.25) is 0 Å². The fourth-order valence-corrected chi connectivity index (χ4v) is 2.60. The highest BCUT2D eigenvalue weighted by molar-refractivity contribution is 5.76. The van der Waals surface area contributed by atoms with Crippen molar-refractivity contribution in [3.8, 4) is 11.3 Å². The van der Waals surface area contributed by atoms with Gasteiger partial charge in [0.15, 0.2) is 5.52 Å². The Balaban J connectivity index is 1.81. The summed E-state index contributed by atoms with van der Waals surface area (Å²) < 4.78 is 1.58. The van der Waals surface area contributed by atoms with E-state index in [1.54, 1.807) is 23.3 Å². The Kier molecular flexibility index (Phi) is 3.59. The van der Waals surface area contributed by atoms with Crippen molar-refractivity contribution < 1.29 is 0 Å². The van der Waals surface area contributed by atoms with Crippen LogP contribution in [-0.2, 0) is 6.54 Å². The fraction of sp³-hybridized carbons (Fsp3) is 0.0526. The van der Waals surface area contributed by atoms with Crippen molar-refractivity contribution >= 4 is 11.0 Å². The normalized spacial score (nSPS) is 10.8. The molecular weight excluding hydrogens is 300 g/mol. The monoisotopic (exact) mass is 314 g/mol. The molecule has 5 nitrogen and oxygen atoms in total. The van der Waals surface area contributed by atoms with Gasteiger partial charge in [-0.3, -0.25) is 14.3 Å². The third kappa shape index (κ3) is 2.67. The lowest BCUT2D eigenvalue weighted by atomic mass is 10.2. The first-order chi connectivity index (χ1) is 11.8. The van der Waals surface area contributed by atoms with Crippen molar-refractivity contribution in [1.29, 1.82) is 0 Å². The molecule has 0 aliphatic carbocycles. The molecule has 4 rings (SSSR count). The van der Waals surface area contributed by atoms with Crippen molar-refractivity contribution in [2.75, 3.05) is 0 Å². The van der Waals surface area contributed by atoms with Gasteiger partial charge in [-0.2, -0.15) is 0 Å². The summed E-state index contributed by atoms with van der Waals surface area (Å²) in [5.41, 5.74) is 3.45. The van der Waals surface area contributed by atoms with E-state index in [1.165, 1.54) is 0 Å². The minimum atomic E-state index is -0.144. The van der Waals surface area contributed by atoms with Crippen LogP contribution in [-0.4, -0.2) is 19.5 Å². The van der Waals surface area contributed by atoms with Crippen LogP contribution in [0.25, 0.3) is 22.3 Å². The fourth-order valence-electron chi connectivity index (χ4n) is 2.60. The Hall–Kier alpha value is -3.34. The summed E-state index contributed by atoms with van der Waals surface area (Å²) in [4.78, 5) is 25.7. The molecule has 24 heavy (non-hydrogen) atoms. The Bertz CT molecular complexity index is 1040. The summed E-state index contributed by atoms with van der Waals surface area (Å²) in [5.74, 6) is 0. The van der Waals surface area contributed by atoms with Gasteiger partial charge in [-0.05, 0) is 29.8 Å². The van der Waals surface area contributed by atoms with Crippen LogP contribution in [0.3, 0.4) is 0 Å². The Morgan fingerprint density at radius 2 is 1.83 bits per heavy atom.